The molecule has 0 bridgehead atoms. The SMILES string of the molecule is C=O.O=C(C(=O)c1ccccc1)c1ccccc1.O=C(C(=O)c1ccccc1)c1ccccc1. The molecule has 0 aromatic heterocycles. The van der Waals surface area contributed by atoms with Crippen LogP contribution < -0.4 is 0 Å². The third kappa shape index (κ3) is 7.14. The first-order chi connectivity index (χ1) is 16.6. The van der Waals surface area contributed by atoms with E-state index in [1.54, 1.807) is 97.1 Å². The second-order valence-electron chi connectivity index (χ2n) is 6.78. The van der Waals surface area contributed by atoms with Gasteiger partial charge >= 0.3 is 0 Å². The maximum atomic E-state index is 11.8. The number of hydrogen-bond donors (Lipinski definition) is 0. The van der Waals surface area contributed by atoms with Crippen LogP contribution >= 0.6 is 0 Å². The molecule has 0 radical (unpaired) electrons. The first-order valence-corrected chi connectivity index (χ1v) is 10.2. The molecule has 0 spiro atoms. The molecule has 0 amide bonds. The second kappa shape index (κ2) is 13.6. The Balaban J connectivity index is 0.000000224. The van der Waals surface area contributed by atoms with E-state index in [0.29, 0.717) is 22.3 Å². The van der Waals surface area contributed by atoms with Crippen molar-refractivity contribution in [2.75, 3.05) is 0 Å². The number of carbonyl (C=O) groups excluding carboxylic acids is 5. The molecular formula is C29H22O5. The fourth-order valence-electron chi connectivity index (χ4n) is 2.88. The summed E-state index contributed by atoms with van der Waals surface area (Å²) in [5.41, 5.74) is 1.71. The summed E-state index contributed by atoms with van der Waals surface area (Å²) < 4.78 is 0. The van der Waals surface area contributed by atoms with Gasteiger partial charge in [-0.25, -0.2) is 0 Å². The molecule has 0 aliphatic heterocycles. The van der Waals surface area contributed by atoms with E-state index in [0.717, 1.165) is 0 Å². The maximum Gasteiger partial charge on any atom is 0.233 e. The number of hydrogen-bond acceptors (Lipinski definition) is 5. The lowest BCUT2D eigenvalue weighted by molar-refractivity contribution is -0.0980. The maximum absolute atomic E-state index is 11.8. The summed E-state index contributed by atoms with van der Waals surface area (Å²) in [4.78, 5) is 55.2. The lowest BCUT2D eigenvalue weighted by atomic mass is 10.0. The van der Waals surface area contributed by atoms with Crippen molar-refractivity contribution in [3.05, 3.63) is 144 Å². The van der Waals surface area contributed by atoms with Gasteiger partial charge in [0.05, 0.1) is 0 Å². The van der Waals surface area contributed by atoms with Gasteiger partial charge in [-0.05, 0) is 0 Å². The van der Waals surface area contributed by atoms with Crippen molar-refractivity contribution in [2.24, 2.45) is 0 Å². The highest BCUT2D eigenvalue weighted by Gasteiger charge is 2.18. The van der Waals surface area contributed by atoms with E-state index in [4.69, 9.17) is 4.79 Å². The fraction of sp³-hybridized carbons (Fsp3) is 0. The van der Waals surface area contributed by atoms with Crippen LogP contribution in [0.4, 0.5) is 0 Å². The van der Waals surface area contributed by atoms with Gasteiger partial charge in [-0.1, -0.05) is 121 Å². The summed E-state index contributed by atoms with van der Waals surface area (Å²) >= 11 is 0. The standard InChI is InChI=1S/2C14H10O2.CH2O/c2*15-13(11-7-3-1-4-8-11)14(16)12-9-5-2-6-10-12;1-2/h2*1-10H;1H2. The van der Waals surface area contributed by atoms with E-state index in [-0.39, 0.29) is 0 Å². The van der Waals surface area contributed by atoms with Crippen LogP contribution in [0.5, 0.6) is 0 Å². The lowest BCUT2D eigenvalue weighted by Gasteiger charge is -1.99. The predicted octanol–water partition coefficient (Wildman–Crippen LogP) is 5.32. The Hall–Kier alpha value is -4.77. The number of ketones is 4. The van der Waals surface area contributed by atoms with Crippen LogP contribution in [0.15, 0.2) is 121 Å². The van der Waals surface area contributed by atoms with Crippen molar-refractivity contribution in [1.82, 2.24) is 0 Å². The zero-order valence-corrected chi connectivity index (χ0v) is 18.3. The van der Waals surface area contributed by atoms with Crippen LogP contribution in [0, 0.1) is 0 Å². The zero-order valence-electron chi connectivity index (χ0n) is 18.3. The lowest BCUT2D eigenvalue weighted by Crippen LogP contribution is -2.14. The van der Waals surface area contributed by atoms with Gasteiger partial charge in [0.25, 0.3) is 0 Å². The van der Waals surface area contributed by atoms with Gasteiger partial charge in [0, 0.05) is 22.3 Å². The number of Topliss-reactive ketones (excluding diaryl/α,β-unsaturated/α-hetero) is 4. The Labute approximate surface area is 197 Å². The van der Waals surface area contributed by atoms with Gasteiger partial charge in [-0.3, -0.25) is 19.2 Å². The van der Waals surface area contributed by atoms with E-state index >= 15 is 0 Å². The highest BCUT2D eigenvalue weighted by Crippen LogP contribution is 2.08. The van der Waals surface area contributed by atoms with Crippen molar-refractivity contribution in [3.8, 4) is 0 Å². The molecule has 4 aromatic rings. The van der Waals surface area contributed by atoms with Gasteiger partial charge in [0.15, 0.2) is 0 Å². The third-order valence-corrected chi connectivity index (χ3v) is 4.56. The topological polar surface area (TPSA) is 85.3 Å². The Kier molecular flexibility index (Phi) is 10.2. The fourth-order valence-corrected chi connectivity index (χ4v) is 2.88. The number of benzene rings is 4. The Bertz CT molecular complexity index is 1020. The van der Waals surface area contributed by atoms with Crippen LogP contribution in [0.3, 0.4) is 0 Å². The Morgan fingerprint density at radius 3 is 0.618 bits per heavy atom. The molecule has 0 heterocycles. The summed E-state index contributed by atoms with van der Waals surface area (Å²) in [7, 11) is 0. The number of carbonyl (C=O) groups is 5. The molecule has 5 nitrogen and oxygen atoms in total. The van der Waals surface area contributed by atoms with Crippen molar-refractivity contribution >= 4 is 29.9 Å². The molecule has 0 atom stereocenters. The Morgan fingerprint density at radius 2 is 0.471 bits per heavy atom. The normalized spacial score (nSPS) is 9.29. The van der Waals surface area contributed by atoms with Crippen LogP contribution in [0.2, 0.25) is 0 Å². The van der Waals surface area contributed by atoms with E-state index in [2.05, 4.69) is 0 Å². The van der Waals surface area contributed by atoms with Gasteiger partial charge < -0.3 is 4.79 Å². The molecule has 0 saturated heterocycles. The zero-order chi connectivity index (χ0) is 24.8. The molecule has 0 saturated carbocycles. The van der Waals surface area contributed by atoms with Crippen molar-refractivity contribution in [2.45, 2.75) is 0 Å². The summed E-state index contributed by atoms with van der Waals surface area (Å²) in [5.74, 6) is -1.86. The van der Waals surface area contributed by atoms with Crippen molar-refractivity contribution < 1.29 is 24.0 Å². The third-order valence-electron chi connectivity index (χ3n) is 4.56. The molecule has 0 N–H and O–H groups in total. The molecule has 34 heavy (non-hydrogen) atoms. The van der Waals surface area contributed by atoms with Gasteiger partial charge in [0.1, 0.15) is 6.79 Å². The molecule has 0 unspecified atom stereocenters. The average Bonchev–Trinajstić information content (AvgIpc) is 2.94. The van der Waals surface area contributed by atoms with Crippen LogP contribution in [-0.4, -0.2) is 29.9 Å². The average molecular weight is 450 g/mol. The van der Waals surface area contributed by atoms with E-state index in [1.807, 2.05) is 31.1 Å². The molecule has 168 valence electrons. The Morgan fingerprint density at radius 1 is 0.324 bits per heavy atom. The van der Waals surface area contributed by atoms with Crippen LogP contribution in [0.1, 0.15) is 41.4 Å². The molecule has 4 rings (SSSR count). The minimum absolute atomic E-state index is 0.427. The van der Waals surface area contributed by atoms with E-state index in [1.165, 1.54) is 0 Å². The molecule has 0 aliphatic carbocycles. The summed E-state index contributed by atoms with van der Waals surface area (Å²) in [5, 5.41) is 0. The summed E-state index contributed by atoms with van der Waals surface area (Å²) in [6, 6.07) is 34.3. The summed E-state index contributed by atoms with van der Waals surface area (Å²) in [6.07, 6.45) is 0. The highest BCUT2D eigenvalue weighted by atomic mass is 16.2. The smallest absolute Gasteiger partial charge is 0.233 e. The quantitative estimate of drug-likeness (QED) is 0.293. The molecule has 0 fully saturated rings. The molecule has 4 aromatic carbocycles. The molecular weight excluding hydrogens is 428 g/mol. The van der Waals surface area contributed by atoms with Crippen molar-refractivity contribution in [1.29, 1.82) is 0 Å². The van der Waals surface area contributed by atoms with Crippen LogP contribution in [0.25, 0.3) is 0 Å². The molecule has 5 heteroatoms. The van der Waals surface area contributed by atoms with Crippen molar-refractivity contribution in [3.63, 3.8) is 0 Å². The van der Waals surface area contributed by atoms with Crippen LogP contribution in [-0.2, 0) is 4.79 Å². The van der Waals surface area contributed by atoms with E-state index in [9.17, 15) is 19.2 Å². The first kappa shape index (κ1) is 25.5. The predicted molar refractivity (Wildman–Crippen MR) is 130 cm³/mol. The van der Waals surface area contributed by atoms with Gasteiger partial charge in [-0.15, -0.1) is 0 Å². The highest BCUT2D eigenvalue weighted by molar-refractivity contribution is 6.49. The number of rotatable bonds is 6. The summed E-state index contributed by atoms with van der Waals surface area (Å²) in [6.45, 7) is 2.00. The monoisotopic (exact) mass is 450 g/mol. The second-order valence-corrected chi connectivity index (χ2v) is 6.78. The molecule has 0 aliphatic rings. The minimum atomic E-state index is -0.466. The van der Waals surface area contributed by atoms with Gasteiger partial charge in [-0.2, -0.15) is 0 Å². The minimum Gasteiger partial charge on any atom is -0.307 e. The first-order valence-electron chi connectivity index (χ1n) is 10.2. The van der Waals surface area contributed by atoms with Gasteiger partial charge in [0.2, 0.25) is 23.1 Å². The van der Waals surface area contributed by atoms with E-state index < -0.39 is 23.1 Å². The largest absolute Gasteiger partial charge is 0.307 e.